The first kappa shape index (κ1) is 23.2. The number of nitrogens with one attached hydrogen (secondary N) is 2. The van der Waals surface area contributed by atoms with Crippen molar-refractivity contribution in [2.75, 3.05) is 24.2 Å². The van der Waals surface area contributed by atoms with Gasteiger partial charge in [-0.25, -0.2) is 0 Å². The molecule has 0 aliphatic heterocycles. The Morgan fingerprint density at radius 1 is 0.875 bits per heavy atom. The van der Waals surface area contributed by atoms with Gasteiger partial charge >= 0.3 is 0 Å². The standard InChI is InChI=1S/C27H31N3O2/c1-18-15-19(2)26(20(3)16-18)29-25(31)17-30(5)21(4)27(32)28-24-14-10-9-13-23(24)22-11-7-6-8-12-22/h6-16,21H,17H2,1-5H3,(H,28,32)(H,29,31). The van der Waals surface area contributed by atoms with E-state index in [2.05, 4.69) is 10.6 Å². The summed E-state index contributed by atoms with van der Waals surface area (Å²) in [6.07, 6.45) is 0. The lowest BCUT2D eigenvalue weighted by Gasteiger charge is -2.24. The Morgan fingerprint density at radius 2 is 1.47 bits per heavy atom. The third-order valence-electron chi connectivity index (χ3n) is 5.64. The topological polar surface area (TPSA) is 61.4 Å². The zero-order valence-corrected chi connectivity index (χ0v) is 19.4. The lowest BCUT2D eigenvalue weighted by molar-refractivity contribution is -0.122. The van der Waals surface area contributed by atoms with E-state index in [-0.39, 0.29) is 18.4 Å². The summed E-state index contributed by atoms with van der Waals surface area (Å²) in [4.78, 5) is 27.3. The van der Waals surface area contributed by atoms with Gasteiger partial charge in [0, 0.05) is 16.9 Å². The van der Waals surface area contributed by atoms with Crippen molar-refractivity contribution in [2.45, 2.75) is 33.7 Å². The van der Waals surface area contributed by atoms with Crippen LogP contribution in [0.15, 0.2) is 66.7 Å². The fourth-order valence-corrected chi connectivity index (χ4v) is 3.82. The van der Waals surface area contributed by atoms with Gasteiger partial charge in [-0.3, -0.25) is 14.5 Å². The van der Waals surface area contributed by atoms with Gasteiger partial charge in [0.2, 0.25) is 11.8 Å². The Morgan fingerprint density at radius 3 is 2.12 bits per heavy atom. The molecule has 0 bridgehead atoms. The van der Waals surface area contributed by atoms with E-state index in [0.29, 0.717) is 0 Å². The molecule has 3 aromatic carbocycles. The highest BCUT2D eigenvalue weighted by Crippen LogP contribution is 2.28. The molecule has 0 spiro atoms. The first-order valence-corrected chi connectivity index (χ1v) is 10.8. The molecule has 0 fully saturated rings. The summed E-state index contributed by atoms with van der Waals surface area (Å²) >= 11 is 0. The predicted molar refractivity (Wildman–Crippen MR) is 132 cm³/mol. The minimum atomic E-state index is -0.482. The summed E-state index contributed by atoms with van der Waals surface area (Å²) < 4.78 is 0. The molecule has 0 saturated heterocycles. The zero-order valence-electron chi connectivity index (χ0n) is 19.4. The van der Waals surface area contributed by atoms with Crippen LogP contribution < -0.4 is 10.6 Å². The maximum Gasteiger partial charge on any atom is 0.241 e. The van der Waals surface area contributed by atoms with Crippen LogP contribution in [-0.2, 0) is 9.59 Å². The van der Waals surface area contributed by atoms with E-state index >= 15 is 0 Å². The highest BCUT2D eigenvalue weighted by atomic mass is 16.2. The minimum absolute atomic E-state index is 0.113. The number of para-hydroxylation sites is 1. The Balaban J connectivity index is 1.65. The van der Waals surface area contributed by atoms with Crippen LogP contribution in [0.25, 0.3) is 11.1 Å². The van der Waals surface area contributed by atoms with Crippen LogP contribution >= 0.6 is 0 Å². The predicted octanol–water partition coefficient (Wildman–Crippen LogP) is 5.18. The molecule has 0 aromatic heterocycles. The molecule has 1 unspecified atom stereocenters. The molecule has 32 heavy (non-hydrogen) atoms. The van der Waals surface area contributed by atoms with Gasteiger partial charge in [0.15, 0.2) is 0 Å². The molecule has 0 radical (unpaired) electrons. The monoisotopic (exact) mass is 429 g/mol. The molecule has 5 heteroatoms. The maximum atomic E-state index is 12.9. The molecule has 2 N–H and O–H groups in total. The van der Waals surface area contributed by atoms with Crippen LogP contribution in [0.3, 0.4) is 0 Å². The lowest BCUT2D eigenvalue weighted by atomic mass is 10.0. The summed E-state index contributed by atoms with van der Waals surface area (Å²) in [7, 11) is 1.78. The van der Waals surface area contributed by atoms with Crippen LogP contribution in [0.5, 0.6) is 0 Å². The van der Waals surface area contributed by atoms with Crippen molar-refractivity contribution in [3.8, 4) is 11.1 Å². The Labute approximate surface area is 190 Å². The fraction of sp³-hybridized carbons (Fsp3) is 0.259. The van der Waals surface area contributed by atoms with Crippen molar-refractivity contribution in [3.05, 3.63) is 83.4 Å². The number of anilines is 2. The van der Waals surface area contributed by atoms with E-state index in [9.17, 15) is 9.59 Å². The Kier molecular flexibility index (Phi) is 7.44. The second-order valence-electron chi connectivity index (χ2n) is 8.31. The zero-order chi connectivity index (χ0) is 23.3. The number of likely N-dealkylation sites (N-methyl/N-ethyl adjacent to an activating group) is 1. The van der Waals surface area contributed by atoms with Gasteiger partial charge in [-0.05, 0) is 57.5 Å². The summed E-state index contributed by atoms with van der Waals surface area (Å²) in [5.41, 5.74) is 6.80. The third-order valence-corrected chi connectivity index (χ3v) is 5.64. The molecule has 166 valence electrons. The van der Waals surface area contributed by atoms with Crippen LogP contribution in [0.4, 0.5) is 11.4 Å². The molecule has 3 rings (SSSR count). The normalized spacial score (nSPS) is 11.8. The van der Waals surface area contributed by atoms with E-state index in [1.165, 1.54) is 0 Å². The van der Waals surface area contributed by atoms with Gasteiger partial charge in [-0.15, -0.1) is 0 Å². The molecule has 0 saturated carbocycles. The van der Waals surface area contributed by atoms with Gasteiger partial charge in [0.1, 0.15) is 0 Å². The van der Waals surface area contributed by atoms with Crippen molar-refractivity contribution in [1.29, 1.82) is 0 Å². The molecule has 2 amide bonds. The molecule has 3 aromatic rings. The smallest absolute Gasteiger partial charge is 0.241 e. The summed E-state index contributed by atoms with van der Waals surface area (Å²) in [6, 6.07) is 21.3. The van der Waals surface area contributed by atoms with Crippen molar-refractivity contribution >= 4 is 23.2 Å². The second-order valence-corrected chi connectivity index (χ2v) is 8.31. The van der Waals surface area contributed by atoms with Gasteiger partial charge in [-0.1, -0.05) is 66.2 Å². The van der Waals surface area contributed by atoms with E-state index < -0.39 is 6.04 Å². The third kappa shape index (κ3) is 5.62. The van der Waals surface area contributed by atoms with Gasteiger partial charge in [0.25, 0.3) is 0 Å². The van der Waals surface area contributed by atoms with Crippen LogP contribution in [-0.4, -0.2) is 36.3 Å². The lowest BCUT2D eigenvalue weighted by Crippen LogP contribution is -2.43. The van der Waals surface area contributed by atoms with Crippen LogP contribution in [0.2, 0.25) is 0 Å². The van der Waals surface area contributed by atoms with E-state index in [1.807, 2.05) is 87.5 Å². The van der Waals surface area contributed by atoms with Crippen molar-refractivity contribution < 1.29 is 9.59 Å². The number of aryl methyl sites for hydroxylation is 3. The SMILES string of the molecule is Cc1cc(C)c(NC(=O)CN(C)C(C)C(=O)Nc2ccccc2-c2ccccc2)c(C)c1. The molecular formula is C27H31N3O2. The number of amides is 2. The second kappa shape index (κ2) is 10.2. The molecule has 5 nitrogen and oxygen atoms in total. The maximum absolute atomic E-state index is 12.9. The van der Waals surface area contributed by atoms with E-state index in [4.69, 9.17) is 0 Å². The molecule has 0 aliphatic rings. The number of nitrogens with zero attached hydrogens (tertiary/aromatic N) is 1. The number of carbonyl (C=O) groups excluding carboxylic acids is 2. The van der Waals surface area contributed by atoms with Crippen LogP contribution in [0, 0.1) is 20.8 Å². The van der Waals surface area contributed by atoms with Crippen molar-refractivity contribution in [3.63, 3.8) is 0 Å². The average molecular weight is 430 g/mol. The number of benzene rings is 3. The summed E-state index contributed by atoms with van der Waals surface area (Å²) in [5.74, 6) is -0.307. The van der Waals surface area contributed by atoms with Crippen LogP contribution in [0.1, 0.15) is 23.6 Å². The minimum Gasteiger partial charge on any atom is -0.324 e. The quantitative estimate of drug-likeness (QED) is 0.544. The van der Waals surface area contributed by atoms with Gasteiger partial charge in [0.05, 0.1) is 12.6 Å². The highest BCUT2D eigenvalue weighted by molar-refractivity contribution is 5.99. The van der Waals surface area contributed by atoms with E-state index in [1.54, 1.807) is 18.9 Å². The number of hydrogen-bond donors (Lipinski definition) is 2. The number of carbonyl (C=O) groups is 2. The fourth-order valence-electron chi connectivity index (χ4n) is 3.82. The highest BCUT2D eigenvalue weighted by Gasteiger charge is 2.21. The average Bonchev–Trinajstić information content (AvgIpc) is 2.76. The van der Waals surface area contributed by atoms with Gasteiger partial charge in [-0.2, -0.15) is 0 Å². The molecule has 1 atom stereocenters. The molecule has 0 aliphatic carbocycles. The first-order valence-electron chi connectivity index (χ1n) is 10.8. The number of rotatable bonds is 7. The summed E-state index contributed by atoms with van der Waals surface area (Å²) in [5, 5.41) is 6.02. The molecular weight excluding hydrogens is 398 g/mol. The van der Waals surface area contributed by atoms with Gasteiger partial charge < -0.3 is 10.6 Å². The van der Waals surface area contributed by atoms with Crippen molar-refractivity contribution in [2.24, 2.45) is 0 Å². The molecule has 0 heterocycles. The largest absolute Gasteiger partial charge is 0.324 e. The summed E-state index contributed by atoms with van der Waals surface area (Å²) in [6.45, 7) is 7.92. The Hall–Kier alpha value is -3.44. The number of hydrogen-bond acceptors (Lipinski definition) is 3. The first-order chi connectivity index (χ1) is 15.3. The van der Waals surface area contributed by atoms with Crippen molar-refractivity contribution in [1.82, 2.24) is 4.90 Å². The Bertz CT molecular complexity index is 1090. The van der Waals surface area contributed by atoms with E-state index in [0.717, 1.165) is 39.2 Å².